The number of nitrogens with zero attached hydrogens (tertiary/aromatic N) is 2. The van der Waals surface area contributed by atoms with Gasteiger partial charge in [-0.3, -0.25) is 4.79 Å². The minimum absolute atomic E-state index is 0.279. The fourth-order valence-corrected chi connectivity index (χ4v) is 1.59. The predicted octanol–water partition coefficient (Wildman–Crippen LogP) is 2.63. The van der Waals surface area contributed by atoms with Crippen LogP contribution in [0.15, 0.2) is 41.1 Å². The van der Waals surface area contributed by atoms with Crippen LogP contribution in [-0.4, -0.2) is 16.3 Å². The average Bonchev–Trinajstić information content (AvgIpc) is 2.39. The van der Waals surface area contributed by atoms with E-state index in [1.807, 2.05) is 0 Å². The molecule has 0 aliphatic rings. The molecular formula is C12H9BrN2O2. The second-order valence-corrected chi connectivity index (χ2v) is 4.11. The van der Waals surface area contributed by atoms with E-state index < -0.39 is 0 Å². The van der Waals surface area contributed by atoms with Crippen molar-refractivity contribution in [1.82, 2.24) is 9.97 Å². The van der Waals surface area contributed by atoms with Gasteiger partial charge in [-0.05, 0) is 24.3 Å². The zero-order valence-corrected chi connectivity index (χ0v) is 10.4. The van der Waals surface area contributed by atoms with Gasteiger partial charge in [0, 0.05) is 22.4 Å². The molecule has 5 heteroatoms. The van der Waals surface area contributed by atoms with Crippen LogP contribution in [0, 0.1) is 0 Å². The Labute approximate surface area is 107 Å². The van der Waals surface area contributed by atoms with Crippen LogP contribution in [0.4, 0.5) is 0 Å². The molecule has 0 unspecified atom stereocenters. The van der Waals surface area contributed by atoms with Crippen LogP contribution in [0.2, 0.25) is 0 Å². The van der Waals surface area contributed by atoms with Crippen LogP contribution in [-0.2, 0) is 6.61 Å². The first-order valence-electron chi connectivity index (χ1n) is 4.93. The first-order valence-corrected chi connectivity index (χ1v) is 5.72. The molecule has 0 aliphatic carbocycles. The molecule has 0 spiro atoms. The van der Waals surface area contributed by atoms with Crippen molar-refractivity contribution in [3.8, 4) is 5.75 Å². The highest BCUT2D eigenvalue weighted by Gasteiger charge is 2.02. The van der Waals surface area contributed by atoms with E-state index in [4.69, 9.17) is 4.74 Å². The summed E-state index contributed by atoms with van der Waals surface area (Å²) >= 11 is 3.28. The summed E-state index contributed by atoms with van der Waals surface area (Å²) in [5, 5.41) is 0. The SMILES string of the molecule is O=Cc1cc(OCc2ncccn2)ccc1Br. The molecule has 2 aromatic rings. The standard InChI is InChI=1S/C12H9BrN2O2/c13-11-3-2-10(6-9(11)7-16)17-8-12-14-4-1-5-15-12/h1-7H,8H2. The maximum absolute atomic E-state index is 10.7. The smallest absolute Gasteiger partial charge is 0.166 e. The van der Waals surface area contributed by atoms with Crippen molar-refractivity contribution in [3.05, 3.63) is 52.5 Å². The molecule has 1 heterocycles. The molecule has 1 aromatic carbocycles. The van der Waals surface area contributed by atoms with Gasteiger partial charge in [-0.1, -0.05) is 15.9 Å². The topological polar surface area (TPSA) is 52.1 Å². The minimum Gasteiger partial charge on any atom is -0.486 e. The van der Waals surface area contributed by atoms with Gasteiger partial charge in [0.2, 0.25) is 0 Å². The van der Waals surface area contributed by atoms with Crippen molar-refractivity contribution < 1.29 is 9.53 Å². The van der Waals surface area contributed by atoms with E-state index in [1.165, 1.54) is 0 Å². The Bertz CT molecular complexity index is 517. The third-order valence-electron chi connectivity index (χ3n) is 2.08. The predicted molar refractivity (Wildman–Crippen MR) is 65.9 cm³/mol. The van der Waals surface area contributed by atoms with Gasteiger partial charge < -0.3 is 4.74 Å². The Hall–Kier alpha value is -1.75. The quantitative estimate of drug-likeness (QED) is 0.813. The molecular weight excluding hydrogens is 284 g/mol. The molecule has 0 bridgehead atoms. The average molecular weight is 293 g/mol. The van der Waals surface area contributed by atoms with Crippen molar-refractivity contribution in [3.63, 3.8) is 0 Å². The van der Waals surface area contributed by atoms with E-state index in [0.29, 0.717) is 17.1 Å². The fourth-order valence-electron chi connectivity index (χ4n) is 1.25. The molecule has 1 aromatic heterocycles. The molecule has 17 heavy (non-hydrogen) atoms. The number of hydrogen-bond donors (Lipinski definition) is 0. The molecule has 0 fully saturated rings. The summed E-state index contributed by atoms with van der Waals surface area (Å²) in [5.74, 6) is 1.21. The zero-order chi connectivity index (χ0) is 12.1. The molecule has 4 nitrogen and oxygen atoms in total. The first kappa shape index (κ1) is 11.7. The summed E-state index contributed by atoms with van der Waals surface area (Å²) < 4.78 is 6.23. The Morgan fingerprint density at radius 1 is 1.29 bits per heavy atom. The number of halogens is 1. The van der Waals surface area contributed by atoms with E-state index in [2.05, 4.69) is 25.9 Å². The number of rotatable bonds is 4. The van der Waals surface area contributed by atoms with E-state index in [0.717, 1.165) is 10.8 Å². The Morgan fingerprint density at radius 2 is 2.06 bits per heavy atom. The monoisotopic (exact) mass is 292 g/mol. The van der Waals surface area contributed by atoms with E-state index in [9.17, 15) is 4.79 Å². The van der Waals surface area contributed by atoms with Gasteiger partial charge in [0.05, 0.1) is 0 Å². The molecule has 0 N–H and O–H groups in total. The number of aromatic nitrogens is 2. The lowest BCUT2D eigenvalue weighted by molar-refractivity contribution is 0.112. The molecule has 0 radical (unpaired) electrons. The van der Waals surface area contributed by atoms with Crippen LogP contribution in [0.5, 0.6) is 5.75 Å². The molecule has 86 valence electrons. The lowest BCUT2D eigenvalue weighted by Gasteiger charge is -2.06. The summed E-state index contributed by atoms with van der Waals surface area (Å²) in [5.41, 5.74) is 0.552. The summed E-state index contributed by atoms with van der Waals surface area (Å²) in [6.07, 6.45) is 4.09. The van der Waals surface area contributed by atoms with Crippen molar-refractivity contribution in [2.45, 2.75) is 6.61 Å². The highest BCUT2D eigenvalue weighted by molar-refractivity contribution is 9.10. The molecule has 0 atom stereocenters. The number of aldehydes is 1. The molecule has 0 aliphatic heterocycles. The zero-order valence-electron chi connectivity index (χ0n) is 8.84. The molecule has 0 amide bonds. The van der Waals surface area contributed by atoms with Gasteiger partial charge in [-0.15, -0.1) is 0 Å². The lowest BCUT2D eigenvalue weighted by Crippen LogP contribution is -2.00. The van der Waals surface area contributed by atoms with Crippen molar-refractivity contribution in [2.24, 2.45) is 0 Å². The molecule has 0 saturated carbocycles. The van der Waals surface area contributed by atoms with Crippen LogP contribution in [0.1, 0.15) is 16.2 Å². The van der Waals surface area contributed by atoms with Gasteiger partial charge in [0.25, 0.3) is 0 Å². The van der Waals surface area contributed by atoms with E-state index in [1.54, 1.807) is 36.7 Å². The number of hydrogen-bond acceptors (Lipinski definition) is 4. The van der Waals surface area contributed by atoms with Crippen LogP contribution >= 0.6 is 15.9 Å². The summed E-state index contributed by atoms with van der Waals surface area (Å²) in [6.45, 7) is 0.279. The van der Waals surface area contributed by atoms with Crippen LogP contribution < -0.4 is 4.74 Å². The van der Waals surface area contributed by atoms with Crippen molar-refractivity contribution in [2.75, 3.05) is 0 Å². The fraction of sp³-hybridized carbons (Fsp3) is 0.0833. The maximum Gasteiger partial charge on any atom is 0.166 e. The second-order valence-electron chi connectivity index (χ2n) is 3.25. The largest absolute Gasteiger partial charge is 0.486 e. The van der Waals surface area contributed by atoms with Crippen molar-refractivity contribution in [1.29, 1.82) is 0 Å². The highest BCUT2D eigenvalue weighted by atomic mass is 79.9. The van der Waals surface area contributed by atoms with Gasteiger partial charge in [0.15, 0.2) is 12.1 Å². The normalized spacial score (nSPS) is 9.94. The Balaban J connectivity index is 2.07. The van der Waals surface area contributed by atoms with Crippen LogP contribution in [0.25, 0.3) is 0 Å². The van der Waals surface area contributed by atoms with Gasteiger partial charge in [-0.25, -0.2) is 9.97 Å². The summed E-state index contributed by atoms with van der Waals surface area (Å²) in [4.78, 5) is 18.8. The third-order valence-corrected chi connectivity index (χ3v) is 2.80. The highest BCUT2D eigenvalue weighted by Crippen LogP contribution is 2.21. The van der Waals surface area contributed by atoms with Crippen LogP contribution in [0.3, 0.4) is 0 Å². The second kappa shape index (κ2) is 5.54. The van der Waals surface area contributed by atoms with E-state index in [-0.39, 0.29) is 6.61 Å². The van der Waals surface area contributed by atoms with E-state index >= 15 is 0 Å². The molecule has 2 rings (SSSR count). The van der Waals surface area contributed by atoms with Gasteiger partial charge >= 0.3 is 0 Å². The number of benzene rings is 1. The summed E-state index contributed by atoms with van der Waals surface area (Å²) in [6, 6.07) is 6.96. The number of carbonyl (C=O) groups is 1. The van der Waals surface area contributed by atoms with Gasteiger partial charge in [0.1, 0.15) is 12.4 Å². The first-order chi connectivity index (χ1) is 8.29. The van der Waals surface area contributed by atoms with Crippen molar-refractivity contribution >= 4 is 22.2 Å². The number of ether oxygens (including phenoxy) is 1. The Kier molecular flexibility index (Phi) is 3.82. The maximum atomic E-state index is 10.7. The Morgan fingerprint density at radius 3 is 2.76 bits per heavy atom. The number of carbonyl (C=O) groups excluding carboxylic acids is 1. The minimum atomic E-state index is 0.279. The summed E-state index contributed by atoms with van der Waals surface area (Å²) in [7, 11) is 0. The third kappa shape index (κ3) is 3.10. The lowest BCUT2D eigenvalue weighted by atomic mass is 10.2. The van der Waals surface area contributed by atoms with Gasteiger partial charge in [-0.2, -0.15) is 0 Å². The molecule has 0 saturated heterocycles.